The van der Waals surface area contributed by atoms with Gasteiger partial charge in [0.15, 0.2) is 5.16 Å². The third kappa shape index (κ3) is 3.06. The summed E-state index contributed by atoms with van der Waals surface area (Å²) < 4.78 is 0. The monoisotopic (exact) mass is 250 g/mol. The van der Waals surface area contributed by atoms with E-state index in [1.165, 1.54) is 6.92 Å². The normalized spacial score (nSPS) is 12.0. The van der Waals surface area contributed by atoms with Gasteiger partial charge in [-0.05, 0) is 11.8 Å². The van der Waals surface area contributed by atoms with Gasteiger partial charge in [0, 0.05) is 0 Å². The summed E-state index contributed by atoms with van der Waals surface area (Å²) >= 11 is 0. The zero-order valence-corrected chi connectivity index (χ0v) is 9.06. The molecule has 0 aliphatic heterocycles. The van der Waals surface area contributed by atoms with Crippen LogP contribution in [-0.2, 0) is 4.84 Å². The number of nitro groups is 3. The maximum atomic E-state index is 10.6. The van der Waals surface area contributed by atoms with Crippen LogP contribution in [-0.4, -0.2) is 26.5 Å². The van der Waals surface area contributed by atoms with Crippen LogP contribution in [0.1, 0.15) is 26.7 Å². The molecule has 0 fully saturated rings. The predicted molar refractivity (Wildman–Crippen MR) is 52.8 cm³/mol. The summed E-state index contributed by atoms with van der Waals surface area (Å²) in [5.74, 6) is -3.72. The molecule has 0 heterocycles. The Bertz CT molecular complexity index is 351. The van der Waals surface area contributed by atoms with Crippen LogP contribution in [0.2, 0.25) is 0 Å². The minimum Gasteiger partial charge on any atom is -0.358 e. The van der Waals surface area contributed by atoms with Gasteiger partial charge >= 0.3 is 11.7 Å². The van der Waals surface area contributed by atoms with Gasteiger partial charge in [0.25, 0.3) is 0 Å². The number of nitrogens with zero attached hydrogens (tertiary/aromatic N) is 4. The highest BCUT2D eigenvalue weighted by Crippen LogP contribution is 2.18. The van der Waals surface area contributed by atoms with Crippen molar-refractivity contribution in [3.8, 4) is 0 Å². The molecule has 0 aromatic carbocycles. The summed E-state index contributed by atoms with van der Waals surface area (Å²) in [7, 11) is 0. The van der Waals surface area contributed by atoms with Gasteiger partial charge in [-0.1, -0.05) is 6.92 Å². The topological polar surface area (TPSA) is 151 Å². The van der Waals surface area contributed by atoms with Crippen molar-refractivity contribution in [1.82, 2.24) is 0 Å². The van der Waals surface area contributed by atoms with Crippen molar-refractivity contribution in [2.75, 3.05) is 0 Å². The lowest BCUT2D eigenvalue weighted by Gasteiger charge is -2.08. The minimum atomic E-state index is -2.99. The van der Waals surface area contributed by atoms with E-state index in [9.17, 15) is 30.3 Å². The fraction of sp³-hybridized carbons (Fsp3) is 0.833. The second-order valence-corrected chi connectivity index (χ2v) is 2.82. The number of hydrogen-bond acceptors (Lipinski definition) is 8. The molecule has 11 heteroatoms. The first kappa shape index (κ1) is 14.7. The summed E-state index contributed by atoms with van der Waals surface area (Å²) in [5, 5.41) is 34.3. The van der Waals surface area contributed by atoms with Gasteiger partial charge in [-0.25, -0.2) is 0 Å². The molecule has 0 rings (SSSR count). The average Bonchev–Trinajstić information content (AvgIpc) is 2.23. The number of amidine groups is 1. The van der Waals surface area contributed by atoms with Gasteiger partial charge in [-0.2, -0.15) is 0 Å². The number of rotatable bonds is 6. The molecule has 0 aliphatic rings. The first-order chi connectivity index (χ1) is 7.81. The number of oxime groups is 1. The molecule has 0 amide bonds. The Kier molecular flexibility index (Phi) is 4.89. The van der Waals surface area contributed by atoms with Gasteiger partial charge in [0.1, 0.15) is 16.3 Å². The first-order valence-corrected chi connectivity index (χ1v) is 4.50. The average molecular weight is 250 g/mol. The molecule has 0 atom stereocenters. The third-order valence-corrected chi connectivity index (χ3v) is 1.86. The summed E-state index contributed by atoms with van der Waals surface area (Å²) in [6.45, 7) is 2.50. The summed E-state index contributed by atoms with van der Waals surface area (Å²) in [6, 6.07) is 0. The van der Waals surface area contributed by atoms with Crippen molar-refractivity contribution in [2.24, 2.45) is 5.16 Å². The van der Waals surface area contributed by atoms with Crippen molar-refractivity contribution in [1.29, 1.82) is 0 Å². The summed E-state index contributed by atoms with van der Waals surface area (Å²) in [6.07, 6.45) is -0.798. The van der Waals surface area contributed by atoms with E-state index in [0.29, 0.717) is 0 Å². The molecule has 0 radical (unpaired) electrons. The van der Waals surface area contributed by atoms with Gasteiger partial charge in [0.05, 0.1) is 6.42 Å². The Morgan fingerprint density at radius 1 is 1.18 bits per heavy atom. The summed E-state index contributed by atoms with van der Waals surface area (Å²) in [4.78, 5) is 32.1. The standard InChI is InChI=1S/C6H10N4O7/c1-3-5(8(11)12)7-17-6(4-2,9(13)14)10(15)16/h3-4H2,1-2H3/b7-5-. The van der Waals surface area contributed by atoms with Crippen molar-refractivity contribution in [3.05, 3.63) is 30.3 Å². The smallest absolute Gasteiger partial charge is 0.358 e. The Morgan fingerprint density at radius 2 is 1.65 bits per heavy atom. The first-order valence-electron chi connectivity index (χ1n) is 4.50. The van der Waals surface area contributed by atoms with Crippen molar-refractivity contribution >= 4 is 5.84 Å². The second-order valence-electron chi connectivity index (χ2n) is 2.82. The van der Waals surface area contributed by atoms with E-state index in [0.717, 1.165) is 6.92 Å². The maximum absolute atomic E-state index is 10.6. The Labute approximate surface area is 94.5 Å². The highest BCUT2D eigenvalue weighted by Gasteiger charge is 2.61. The van der Waals surface area contributed by atoms with Crippen LogP contribution in [0.3, 0.4) is 0 Å². The van der Waals surface area contributed by atoms with Crippen molar-refractivity contribution in [2.45, 2.75) is 32.5 Å². The predicted octanol–water partition coefficient (Wildman–Crippen LogP) is 0.620. The quantitative estimate of drug-likeness (QED) is 0.220. The molecule has 0 saturated heterocycles. The Balaban J connectivity index is 5.21. The third-order valence-electron chi connectivity index (χ3n) is 1.86. The van der Waals surface area contributed by atoms with Gasteiger partial charge in [-0.3, -0.25) is 20.2 Å². The zero-order valence-electron chi connectivity index (χ0n) is 9.06. The SMILES string of the molecule is CC/C(=N/OC(CC)([N+](=O)[O-])[N+](=O)[O-])[N+](=O)[O-]. The molecule has 0 spiro atoms. The molecule has 11 nitrogen and oxygen atoms in total. The van der Waals surface area contributed by atoms with E-state index >= 15 is 0 Å². The molecular weight excluding hydrogens is 240 g/mol. The molecular formula is C6H10N4O7. The molecule has 0 aromatic heterocycles. The largest absolute Gasteiger partial charge is 0.655 e. The molecule has 0 unspecified atom stereocenters. The molecule has 0 bridgehead atoms. The second kappa shape index (κ2) is 5.67. The minimum absolute atomic E-state index is 0.178. The molecule has 96 valence electrons. The maximum Gasteiger partial charge on any atom is 0.655 e. The van der Waals surface area contributed by atoms with E-state index in [2.05, 4.69) is 9.99 Å². The molecule has 0 N–H and O–H groups in total. The van der Waals surface area contributed by atoms with E-state index in [-0.39, 0.29) is 6.42 Å². The Morgan fingerprint density at radius 3 is 1.88 bits per heavy atom. The number of hydrogen-bond donors (Lipinski definition) is 0. The van der Waals surface area contributed by atoms with Crippen LogP contribution in [0.5, 0.6) is 0 Å². The lowest BCUT2D eigenvalue weighted by Crippen LogP contribution is -2.47. The summed E-state index contributed by atoms with van der Waals surface area (Å²) in [5.41, 5.74) is 0. The molecule has 0 aliphatic carbocycles. The van der Waals surface area contributed by atoms with Crippen LogP contribution in [0, 0.1) is 30.3 Å². The van der Waals surface area contributed by atoms with Crippen LogP contribution in [0.25, 0.3) is 0 Å². The van der Waals surface area contributed by atoms with Crippen LogP contribution in [0.15, 0.2) is 5.16 Å². The fourth-order valence-electron chi connectivity index (χ4n) is 0.809. The highest BCUT2D eigenvalue weighted by atomic mass is 16.8. The van der Waals surface area contributed by atoms with Crippen molar-refractivity contribution in [3.63, 3.8) is 0 Å². The van der Waals surface area contributed by atoms with Gasteiger partial charge in [0.2, 0.25) is 0 Å². The lowest BCUT2D eigenvalue weighted by molar-refractivity contribution is -0.851. The molecule has 0 saturated carbocycles. The van der Waals surface area contributed by atoms with Crippen LogP contribution < -0.4 is 0 Å². The van der Waals surface area contributed by atoms with Gasteiger partial charge in [-0.15, -0.1) is 4.84 Å². The molecule has 0 aromatic rings. The lowest BCUT2D eigenvalue weighted by atomic mass is 10.3. The Hall–Kier alpha value is -2.33. The highest BCUT2D eigenvalue weighted by molar-refractivity contribution is 5.72. The molecule has 17 heavy (non-hydrogen) atoms. The van der Waals surface area contributed by atoms with E-state index in [1.807, 2.05) is 0 Å². The van der Waals surface area contributed by atoms with Crippen LogP contribution >= 0.6 is 0 Å². The fourth-order valence-corrected chi connectivity index (χ4v) is 0.809. The zero-order chi connectivity index (χ0) is 13.6. The van der Waals surface area contributed by atoms with Gasteiger partial charge < -0.3 is 10.1 Å². The van der Waals surface area contributed by atoms with Crippen molar-refractivity contribution < 1.29 is 19.6 Å². The van der Waals surface area contributed by atoms with E-state index in [4.69, 9.17) is 0 Å². The van der Waals surface area contributed by atoms with Crippen LogP contribution in [0.4, 0.5) is 0 Å². The van der Waals surface area contributed by atoms with E-state index < -0.39 is 32.9 Å². The van der Waals surface area contributed by atoms with E-state index in [1.54, 1.807) is 0 Å².